The number of hydrogen-bond acceptors (Lipinski definition) is 3. The number of halogens is 1. The molecule has 0 aliphatic carbocycles. The van der Waals surface area contributed by atoms with Gasteiger partial charge >= 0.3 is 0 Å². The van der Waals surface area contributed by atoms with E-state index < -0.39 is 0 Å². The van der Waals surface area contributed by atoms with Crippen molar-refractivity contribution in [1.29, 1.82) is 0 Å². The van der Waals surface area contributed by atoms with Gasteiger partial charge in [-0.05, 0) is 24.6 Å². The first-order valence-electron chi connectivity index (χ1n) is 6.65. The van der Waals surface area contributed by atoms with Gasteiger partial charge < -0.3 is 15.0 Å². The summed E-state index contributed by atoms with van der Waals surface area (Å²) in [7, 11) is 5.34. The lowest BCUT2D eigenvalue weighted by Gasteiger charge is -2.18. The summed E-state index contributed by atoms with van der Waals surface area (Å²) in [4.78, 5) is 14.2. The lowest BCUT2D eigenvalue weighted by atomic mass is 10.0. The Morgan fingerprint density at radius 2 is 1.86 bits per heavy atom. The van der Waals surface area contributed by atoms with Crippen LogP contribution in [-0.2, 0) is 0 Å². The highest BCUT2D eigenvalue weighted by Gasteiger charge is 2.15. The second-order valence-electron chi connectivity index (χ2n) is 4.69. The average Bonchev–Trinajstić information content (AvgIpc) is 2.50. The van der Waals surface area contributed by atoms with E-state index >= 15 is 0 Å². The Morgan fingerprint density at radius 1 is 1.19 bits per heavy atom. The third-order valence-electron chi connectivity index (χ3n) is 3.38. The van der Waals surface area contributed by atoms with Crippen LogP contribution in [0.3, 0.4) is 0 Å². The Kier molecular flexibility index (Phi) is 6.46. The summed E-state index contributed by atoms with van der Waals surface area (Å²) in [6, 6.07) is 11.5. The molecule has 2 rings (SSSR count). The van der Waals surface area contributed by atoms with Crippen LogP contribution in [0.1, 0.15) is 10.4 Å². The van der Waals surface area contributed by atoms with E-state index in [1.165, 1.54) is 0 Å². The van der Waals surface area contributed by atoms with Gasteiger partial charge in [0.25, 0.3) is 5.91 Å². The number of benzene rings is 2. The van der Waals surface area contributed by atoms with Crippen LogP contribution >= 0.6 is 12.4 Å². The summed E-state index contributed by atoms with van der Waals surface area (Å²) in [6.07, 6.45) is 0. The first kappa shape index (κ1) is 17.3. The van der Waals surface area contributed by atoms with Crippen LogP contribution in [0.25, 0.3) is 10.8 Å². The summed E-state index contributed by atoms with van der Waals surface area (Å²) in [5.74, 6) is 0.814. The fraction of sp³-hybridized carbons (Fsp3) is 0.312. The molecule has 1 N–H and O–H groups in total. The van der Waals surface area contributed by atoms with Gasteiger partial charge in [0.05, 0.1) is 7.11 Å². The molecule has 0 atom stereocenters. The van der Waals surface area contributed by atoms with Gasteiger partial charge in [0.2, 0.25) is 0 Å². The number of rotatable bonds is 5. The van der Waals surface area contributed by atoms with Gasteiger partial charge in [-0.3, -0.25) is 4.79 Å². The Morgan fingerprint density at radius 3 is 2.48 bits per heavy atom. The molecule has 0 spiro atoms. The highest BCUT2D eigenvalue weighted by Crippen LogP contribution is 2.28. The number of carbonyl (C=O) groups is 1. The van der Waals surface area contributed by atoms with Crippen molar-refractivity contribution in [1.82, 2.24) is 10.2 Å². The smallest absolute Gasteiger partial charge is 0.254 e. The van der Waals surface area contributed by atoms with Crippen LogP contribution < -0.4 is 10.1 Å². The molecule has 0 saturated heterocycles. The summed E-state index contributed by atoms with van der Waals surface area (Å²) in [5, 5.41) is 4.93. The maximum atomic E-state index is 12.5. The number of nitrogens with zero attached hydrogens (tertiary/aromatic N) is 1. The van der Waals surface area contributed by atoms with Crippen molar-refractivity contribution in [3.8, 4) is 5.75 Å². The lowest BCUT2D eigenvalue weighted by Crippen LogP contribution is -2.32. The van der Waals surface area contributed by atoms with Crippen LogP contribution in [0, 0.1) is 0 Å². The van der Waals surface area contributed by atoms with Gasteiger partial charge in [0.1, 0.15) is 5.75 Å². The highest BCUT2D eigenvalue weighted by molar-refractivity contribution is 6.08. The molecule has 4 nitrogen and oxygen atoms in total. The number of nitrogens with one attached hydrogen (secondary N) is 1. The van der Waals surface area contributed by atoms with E-state index in [9.17, 15) is 4.79 Å². The average molecular weight is 309 g/mol. The Labute approximate surface area is 131 Å². The number of ether oxygens (including phenoxy) is 1. The van der Waals surface area contributed by atoms with Crippen molar-refractivity contribution in [3.05, 3.63) is 42.0 Å². The predicted octanol–water partition coefficient (Wildman–Crippen LogP) is 2.56. The number of carbonyl (C=O) groups excluding carboxylic acids is 1. The summed E-state index contributed by atoms with van der Waals surface area (Å²) >= 11 is 0. The van der Waals surface area contributed by atoms with E-state index in [2.05, 4.69) is 5.32 Å². The van der Waals surface area contributed by atoms with Crippen molar-refractivity contribution >= 4 is 29.1 Å². The van der Waals surface area contributed by atoms with Gasteiger partial charge in [0.15, 0.2) is 0 Å². The molecule has 1 amide bonds. The van der Waals surface area contributed by atoms with E-state index in [0.29, 0.717) is 12.1 Å². The van der Waals surface area contributed by atoms with E-state index in [1.807, 2.05) is 50.5 Å². The first-order valence-corrected chi connectivity index (χ1v) is 6.65. The van der Waals surface area contributed by atoms with Crippen molar-refractivity contribution < 1.29 is 9.53 Å². The molecule has 114 valence electrons. The van der Waals surface area contributed by atoms with Crippen molar-refractivity contribution in [2.75, 3.05) is 34.3 Å². The molecule has 2 aromatic rings. The summed E-state index contributed by atoms with van der Waals surface area (Å²) < 4.78 is 5.35. The quantitative estimate of drug-likeness (QED) is 0.923. The monoisotopic (exact) mass is 308 g/mol. The summed E-state index contributed by atoms with van der Waals surface area (Å²) in [5.41, 5.74) is 0.708. The van der Waals surface area contributed by atoms with Crippen LogP contribution in [0.2, 0.25) is 0 Å². The predicted molar refractivity (Wildman–Crippen MR) is 88.6 cm³/mol. The maximum Gasteiger partial charge on any atom is 0.254 e. The molecule has 0 bridgehead atoms. The Hall–Kier alpha value is -1.78. The van der Waals surface area contributed by atoms with E-state index in [4.69, 9.17) is 4.74 Å². The van der Waals surface area contributed by atoms with E-state index in [-0.39, 0.29) is 18.3 Å². The minimum atomic E-state index is 0. The molecule has 5 heteroatoms. The molecule has 0 heterocycles. The molecule has 0 aliphatic heterocycles. The fourth-order valence-corrected chi connectivity index (χ4v) is 2.22. The zero-order valence-electron chi connectivity index (χ0n) is 12.6. The minimum absolute atomic E-state index is 0. The fourth-order valence-electron chi connectivity index (χ4n) is 2.22. The van der Waals surface area contributed by atoms with Gasteiger partial charge in [-0.25, -0.2) is 0 Å². The van der Waals surface area contributed by atoms with E-state index in [0.717, 1.165) is 23.1 Å². The van der Waals surface area contributed by atoms with Crippen molar-refractivity contribution in [2.45, 2.75) is 0 Å². The Bertz CT molecular complexity index is 616. The molecular weight excluding hydrogens is 288 g/mol. The largest absolute Gasteiger partial charge is 0.496 e. The first-order chi connectivity index (χ1) is 9.69. The molecule has 0 unspecified atom stereocenters. The molecule has 0 aromatic heterocycles. The topological polar surface area (TPSA) is 41.6 Å². The number of hydrogen-bond donors (Lipinski definition) is 1. The standard InChI is InChI=1S/C16H20N2O2.ClH/c1-17-10-11-18(2)16(19)14-8-9-15(20-3)13-7-5-4-6-12(13)14;/h4-9,17H,10-11H2,1-3H3;1H. The summed E-state index contributed by atoms with van der Waals surface area (Å²) in [6.45, 7) is 1.45. The van der Waals surface area contributed by atoms with Gasteiger partial charge in [-0.2, -0.15) is 0 Å². The van der Waals surface area contributed by atoms with Gasteiger partial charge in [-0.15, -0.1) is 12.4 Å². The molecule has 0 saturated carbocycles. The number of likely N-dealkylation sites (N-methyl/N-ethyl adjacent to an activating group) is 2. The van der Waals surface area contributed by atoms with Gasteiger partial charge in [0, 0.05) is 31.1 Å². The van der Waals surface area contributed by atoms with Crippen LogP contribution in [-0.4, -0.2) is 45.1 Å². The number of amides is 1. The molecule has 0 aliphatic rings. The molecule has 0 fully saturated rings. The van der Waals surface area contributed by atoms with Crippen molar-refractivity contribution in [3.63, 3.8) is 0 Å². The van der Waals surface area contributed by atoms with Crippen molar-refractivity contribution in [2.24, 2.45) is 0 Å². The third-order valence-corrected chi connectivity index (χ3v) is 3.38. The van der Waals surface area contributed by atoms with E-state index in [1.54, 1.807) is 12.0 Å². The maximum absolute atomic E-state index is 12.5. The molecule has 21 heavy (non-hydrogen) atoms. The SMILES string of the molecule is CNCCN(C)C(=O)c1ccc(OC)c2ccccc12.Cl. The molecule has 0 radical (unpaired) electrons. The Balaban J connectivity index is 0.00000220. The second-order valence-corrected chi connectivity index (χ2v) is 4.69. The highest BCUT2D eigenvalue weighted by atomic mass is 35.5. The third kappa shape index (κ3) is 3.65. The minimum Gasteiger partial charge on any atom is -0.496 e. The zero-order chi connectivity index (χ0) is 14.5. The normalized spacial score (nSPS) is 10.0. The molecule has 2 aromatic carbocycles. The number of methoxy groups -OCH3 is 1. The molecular formula is C16H21ClN2O2. The van der Waals surface area contributed by atoms with Crippen LogP contribution in [0.5, 0.6) is 5.75 Å². The lowest BCUT2D eigenvalue weighted by molar-refractivity contribution is 0.0799. The second kappa shape index (κ2) is 7.86. The number of fused-ring (bicyclic) bond motifs is 1. The van der Waals surface area contributed by atoms with Crippen LogP contribution in [0.15, 0.2) is 36.4 Å². The van der Waals surface area contributed by atoms with Gasteiger partial charge in [-0.1, -0.05) is 24.3 Å². The zero-order valence-corrected chi connectivity index (χ0v) is 13.4. The van der Waals surface area contributed by atoms with Crippen LogP contribution in [0.4, 0.5) is 0 Å².